The van der Waals surface area contributed by atoms with Crippen LogP contribution in [0.25, 0.3) is 10.9 Å². The first-order valence-corrected chi connectivity index (χ1v) is 10.0. The minimum absolute atomic E-state index is 0.265. The number of ether oxygens (including phenoxy) is 1. The Kier molecular flexibility index (Phi) is 6.07. The number of aromatic nitrogens is 3. The van der Waals surface area contributed by atoms with E-state index in [2.05, 4.69) is 20.5 Å². The molecule has 0 fully saturated rings. The number of amides is 1. The van der Waals surface area contributed by atoms with E-state index in [1.807, 2.05) is 61.5 Å². The number of nitrogens with one attached hydrogen (secondary N) is 1. The molecule has 0 radical (unpaired) electrons. The highest BCUT2D eigenvalue weighted by Crippen LogP contribution is 2.26. The van der Waals surface area contributed by atoms with Crippen molar-refractivity contribution in [2.75, 3.05) is 0 Å². The zero-order valence-corrected chi connectivity index (χ0v) is 17.9. The van der Waals surface area contributed by atoms with Gasteiger partial charge in [0.15, 0.2) is 12.4 Å². The average Bonchev–Trinajstić information content (AvgIpc) is 3.15. The molecule has 33 heavy (non-hydrogen) atoms. The fourth-order valence-corrected chi connectivity index (χ4v) is 3.22. The summed E-state index contributed by atoms with van der Waals surface area (Å²) in [5.74, 6) is 0.494. The fraction of sp³-hybridized carbons (Fsp3) is 0.130. The minimum Gasteiger partial charge on any atom is -0.438 e. The first kappa shape index (κ1) is 21.6. The van der Waals surface area contributed by atoms with E-state index >= 15 is 0 Å². The molecule has 0 atom stereocenters. The van der Waals surface area contributed by atoms with E-state index < -0.39 is 10.8 Å². The van der Waals surface area contributed by atoms with Gasteiger partial charge in [-0.3, -0.25) is 4.79 Å². The molecule has 0 aliphatic heterocycles. The van der Waals surface area contributed by atoms with Crippen molar-refractivity contribution in [3.8, 4) is 11.6 Å². The Morgan fingerprint density at radius 2 is 2.00 bits per heavy atom. The second-order valence-corrected chi connectivity index (χ2v) is 7.29. The molecule has 2 aromatic carbocycles. The number of pyridine rings is 1. The predicted molar refractivity (Wildman–Crippen MR) is 122 cm³/mol. The van der Waals surface area contributed by atoms with E-state index in [9.17, 15) is 14.9 Å². The number of hydrogen-bond donors (Lipinski definition) is 1. The SMILES string of the molecule is Cc1ccc2nc(Oc3ccccc3)c(/C=N/NC(=O)Cn3c([N+](=O)[O-])cnc3C)cc2c1. The van der Waals surface area contributed by atoms with E-state index in [-0.39, 0.29) is 12.4 Å². The van der Waals surface area contributed by atoms with Gasteiger partial charge in [-0.25, -0.2) is 20.0 Å². The van der Waals surface area contributed by atoms with Crippen molar-refractivity contribution in [3.05, 3.63) is 87.9 Å². The summed E-state index contributed by atoms with van der Waals surface area (Å²) < 4.78 is 7.15. The Morgan fingerprint density at radius 3 is 2.76 bits per heavy atom. The van der Waals surface area contributed by atoms with Crippen molar-refractivity contribution in [1.82, 2.24) is 20.0 Å². The predicted octanol–water partition coefficient (Wildman–Crippen LogP) is 3.90. The van der Waals surface area contributed by atoms with Crippen molar-refractivity contribution in [1.29, 1.82) is 0 Å². The summed E-state index contributed by atoms with van der Waals surface area (Å²) in [5.41, 5.74) is 4.78. The van der Waals surface area contributed by atoms with Gasteiger partial charge in [-0.05, 0) is 42.2 Å². The molecule has 0 aliphatic rings. The van der Waals surface area contributed by atoms with Gasteiger partial charge >= 0.3 is 5.82 Å². The van der Waals surface area contributed by atoms with Gasteiger partial charge in [0.25, 0.3) is 5.91 Å². The topological polar surface area (TPSA) is 125 Å². The van der Waals surface area contributed by atoms with Crippen LogP contribution in [-0.2, 0) is 11.3 Å². The summed E-state index contributed by atoms with van der Waals surface area (Å²) in [5, 5.41) is 16.0. The van der Waals surface area contributed by atoms with Gasteiger partial charge in [0, 0.05) is 12.3 Å². The average molecular weight is 444 g/mol. The number of carbonyl (C=O) groups is 1. The number of para-hydroxylation sites is 1. The number of hydrogen-bond acceptors (Lipinski definition) is 7. The van der Waals surface area contributed by atoms with Crippen molar-refractivity contribution in [3.63, 3.8) is 0 Å². The van der Waals surface area contributed by atoms with Crippen LogP contribution in [0.15, 0.2) is 65.9 Å². The van der Waals surface area contributed by atoms with Crippen LogP contribution in [0.3, 0.4) is 0 Å². The van der Waals surface area contributed by atoms with Gasteiger partial charge in [0.1, 0.15) is 11.9 Å². The molecule has 0 spiro atoms. The van der Waals surface area contributed by atoms with Crippen LogP contribution in [0.2, 0.25) is 0 Å². The van der Waals surface area contributed by atoms with E-state index in [4.69, 9.17) is 4.74 Å². The number of imidazole rings is 1. The lowest BCUT2D eigenvalue weighted by atomic mass is 10.1. The van der Waals surface area contributed by atoms with Crippen LogP contribution in [-0.4, -0.2) is 31.6 Å². The Balaban J connectivity index is 1.57. The number of benzene rings is 2. The van der Waals surface area contributed by atoms with Gasteiger partial charge in [-0.15, -0.1) is 0 Å². The molecule has 1 N–H and O–H groups in total. The second kappa shape index (κ2) is 9.27. The lowest BCUT2D eigenvalue weighted by molar-refractivity contribution is -0.392. The molecule has 2 heterocycles. The Labute approximate surface area is 188 Å². The molecule has 2 aromatic heterocycles. The fourth-order valence-electron chi connectivity index (χ4n) is 3.22. The second-order valence-electron chi connectivity index (χ2n) is 7.29. The highest BCUT2D eigenvalue weighted by molar-refractivity contribution is 5.91. The van der Waals surface area contributed by atoms with Crippen LogP contribution in [0.5, 0.6) is 11.6 Å². The highest BCUT2D eigenvalue weighted by Gasteiger charge is 2.20. The zero-order chi connectivity index (χ0) is 23.4. The third-order valence-electron chi connectivity index (χ3n) is 4.84. The van der Waals surface area contributed by atoms with Crippen LogP contribution in [0, 0.1) is 24.0 Å². The number of fused-ring (bicyclic) bond motifs is 1. The lowest BCUT2D eigenvalue weighted by Crippen LogP contribution is -2.24. The molecule has 4 rings (SSSR count). The maximum absolute atomic E-state index is 12.3. The van der Waals surface area contributed by atoms with E-state index in [0.29, 0.717) is 23.0 Å². The molecule has 166 valence electrons. The molecule has 10 heteroatoms. The van der Waals surface area contributed by atoms with Gasteiger partial charge < -0.3 is 14.9 Å². The number of hydrazone groups is 1. The highest BCUT2D eigenvalue weighted by atomic mass is 16.6. The summed E-state index contributed by atoms with van der Waals surface area (Å²) in [4.78, 5) is 31.3. The minimum atomic E-state index is -0.591. The van der Waals surface area contributed by atoms with Gasteiger partial charge in [-0.1, -0.05) is 29.8 Å². The first-order valence-electron chi connectivity index (χ1n) is 10.0. The summed E-state index contributed by atoms with van der Waals surface area (Å²) in [7, 11) is 0. The molecule has 10 nitrogen and oxygen atoms in total. The summed E-state index contributed by atoms with van der Waals surface area (Å²) in [6.07, 6.45) is 2.54. The Bertz CT molecular complexity index is 1360. The van der Waals surface area contributed by atoms with Gasteiger partial charge in [-0.2, -0.15) is 5.10 Å². The third-order valence-corrected chi connectivity index (χ3v) is 4.84. The maximum atomic E-state index is 12.3. The van der Waals surface area contributed by atoms with E-state index in [0.717, 1.165) is 22.7 Å². The first-order chi connectivity index (χ1) is 15.9. The number of nitrogens with zero attached hydrogens (tertiary/aromatic N) is 5. The Morgan fingerprint density at radius 1 is 1.21 bits per heavy atom. The molecular weight excluding hydrogens is 424 g/mol. The van der Waals surface area contributed by atoms with Gasteiger partial charge in [0.05, 0.1) is 17.3 Å². The maximum Gasteiger partial charge on any atom is 0.343 e. The third kappa shape index (κ3) is 5.01. The summed E-state index contributed by atoms with van der Waals surface area (Å²) in [6, 6.07) is 16.9. The van der Waals surface area contributed by atoms with Crippen LogP contribution >= 0.6 is 0 Å². The molecule has 0 unspecified atom stereocenters. The van der Waals surface area contributed by atoms with Crippen molar-refractivity contribution < 1.29 is 14.5 Å². The largest absolute Gasteiger partial charge is 0.438 e. The van der Waals surface area contributed by atoms with Crippen molar-refractivity contribution >= 4 is 28.8 Å². The number of rotatable bonds is 7. The molecular formula is C23H20N6O4. The monoisotopic (exact) mass is 444 g/mol. The molecule has 0 saturated heterocycles. The van der Waals surface area contributed by atoms with Crippen molar-refractivity contribution in [2.24, 2.45) is 5.10 Å². The van der Waals surface area contributed by atoms with E-state index in [1.54, 1.807) is 6.92 Å². The summed E-state index contributed by atoms with van der Waals surface area (Å²) in [6.45, 7) is 3.28. The molecule has 0 saturated carbocycles. The van der Waals surface area contributed by atoms with Crippen LogP contribution in [0.4, 0.5) is 5.82 Å². The smallest absolute Gasteiger partial charge is 0.343 e. The van der Waals surface area contributed by atoms with Gasteiger partial charge in [0.2, 0.25) is 5.88 Å². The van der Waals surface area contributed by atoms with Crippen molar-refractivity contribution in [2.45, 2.75) is 20.4 Å². The van der Waals surface area contributed by atoms with Crippen LogP contribution in [0.1, 0.15) is 17.0 Å². The molecule has 0 bridgehead atoms. The standard InChI is InChI=1S/C23H20N6O4/c1-15-8-9-20-17(10-15)11-18(23(26-20)33-19-6-4-3-5-7-19)12-25-27-21(30)14-28-16(2)24-13-22(28)29(31)32/h3-13H,14H2,1-2H3,(H,27,30)/b25-12+. The lowest BCUT2D eigenvalue weighted by Gasteiger charge is -2.10. The summed E-state index contributed by atoms with van der Waals surface area (Å²) >= 11 is 0. The van der Waals surface area contributed by atoms with E-state index in [1.165, 1.54) is 10.8 Å². The molecule has 1 amide bonds. The quantitative estimate of drug-likeness (QED) is 0.262. The zero-order valence-electron chi connectivity index (χ0n) is 17.9. The van der Waals surface area contributed by atoms with Crippen LogP contribution < -0.4 is 10.2 Å². The normalized spacial score (nSPS) is 11.1. The number of carbonyl (C=O) groups excluding carboxylic acids is 1. The Hall–Kier alpha value is -4.60. The number of aryl methyl sites for hydroxylation is 2. The number of nitro groups is 1. The molecule has 4 aromatic rings. The molecule has 0 aliphatic carbocycles.